The van der Waals surface area contributed by atoms with Gasteiger partial charge in [-0.25, -0.2) is 0 Å². The van der Waals surface area contributed by atoms with Gasteiger partial charge in [0.15, 0.2) is 0 Å². The number of benzene rings is 1. The van der Waals surface area contributed by atoms with E-state index in [0.29, 0.717) is 0 Å². The van der Waals surface area contributed by atoms with Gasteiger partial charge < -0.3 is 0 Å². The van der Waals surface area contributed by atoms with Crippen LogP contribution in [0.25, 0.3) is 10.9 Å². The molecule has 2 rings (SSSR count). The van der Waals surface area contributed by atoms with Crippen LogP contribution in [0.3, 0.4) is 0 Å². The third-order valence-electron chi connectivity index (χ3n) is 2.87. The van der Waals surface area contributed by atoms with Crippen LogP contribution in [-0.4, -0.2) is 4.98 Å². The summed E-state index contributed by atoms with van der Waals surface area (Å²) in [5.74, 6) is 0. The molecule has 1 heterocycles. The molecule has 0 aliphatic heterocycles. The lowest BCUT2D eigenvalue weighted by Crippen LogP contribution is -1.90. The van der Waals surface area contributed by atoms with Crippen molar-refractivity contribution in [1.82, 2.24) is 4.98 Å². The number of pyridine rings is 1. The number of rotatable bonds is 1. The van der Waals surface area contributed by atoms with Gasteiger partial charge in [-0.1, -0.05) is 18.5 Å². The van der Waals surface area contributed by atoms with Crippen molar-refractivity contribution in [2.45, 2.75) is 27.2 Å². The zero-order valence-electron chi connectivity index (χ0n) is 9.26. The number of nitrogens with zero attached hydrogens (tertiary/aromatic N) is 1. The Kier molecular flexibility index (Phi) is 2.66. The summed E-state index contributed by atoms with van der Waals surface area (Å²) in [5, 5.41) is 1.92. The Morgan fingerprint density at radius 2 is 1.87 bits per heavy atom. The zero-order valence-corrected chi connectivity index (χ0v) is 10.0. The summed E-state index contributed by atoms with van der Waals surface area (Å²) in [4.78, 5) is 4.43. The zero-order chi connectivity index (χ0) is 11.0. The number of aromatic nitrogens is 1. The van der Waals surface area contributed by atoms with E-state index in [-0.39, 0.29) is 0 Å². The predicted octanol–water partition coefficient (Wildman–Crippen LogP) is 4.07. The first kappa shape index (κ1) is 10.4. The largest absolute Gasteiger partial charge is 0.256 e. The van der Waals surface area contributed by atoms with Crippen LogP contribution in [0.5, 0.6) is 0 Å². The lowest BCUT2D eigenvalue weighted by atomic mass is 10.0. The SMILES string of the molecule is CCc1cnc2cc(C)c(C)cc2c1Cl. The van der Waals surface area contributed by atoms with E-state index < -0.39 is 0 Å². The second kappa shape index (κ2) is 3.82. The van der Waals surface area contributed by atoms with Gasteiger partial charge in [0.2, 0.25) is 0 Å². The summed E-state index contributed by atoms with van der Waals surface area (Å²) in [6, 6.07) is 4.22. The van der Waals surface area contributed by atoms with Crippen molar-refractivity contribution in [2.75, 3.05) is 0 Å². The highest BCUT2D eigenvalue weighted by molar-refractivity contribution is 6.36. The summed E-state index contributed by atoms with van der Waals surface area (Å²) in [6.45, 7) is 6.29. The first-order chi connectivity index (χ1) is 7.13. The second-order valence-electron chi connectivity index (χ2n) is 3.90. The summed E-state index contributed by atoms with van der Waals surface area (Å²) in [7, 11) is 0. The Bertz CT molecular complexity index is 517. The van der Waals surface area contributed by atoms with Crippen LogP contribution in [0.1, 0.15) is 23.6 Å². The van der Waals surface area contributed by atoms with Crippen LogP contribution in [0.2, 0.25) is 5.02 Å². The molecule has 0 aliphatic rings. The Labute approximate surface area is 95.1 Å². The molecule has 0 N–H and O–H groups in total. The molecule has 2 heteroatoms. The van der Waals surface area contributed by atoms with Crippen LogP contribution < -0.4 is 0 Å². The van der Waals surface area contributed by atoms with E-state index in [2.05, 4.69) is 37.9 Å². The summed E-state index contributed by atoms with van der Waals surface area (Å²) < 4.78 is 0. The molecular weight excluding hydrogens is 206 g/mol. The average Bonchev–Trinajstić information content (AvgIpc) is 2.22. The van der Waals surface area contributed by atoms with Crippen molar-refractivity contribution in [3.63, 3.8) is 0 Å². The minimum Gasteiger partial charge on any atom is -0.256 e. The highest BCUT2D eigenvalue weighted by Crippen LogP contribution is 2.28. The Morgan fingerprint density at radius 1 is 1.20 bits per heavy atom. The van der Waals surface area contributed by atoms with E-state index in [9.17, 15) is 0 Å². The maximum Gasteiger partial charge on any atom is 0.0719 e. The number of hydrogen-bond donors (Lipinski definition) is 0. The fourth-order valence-corrected chi connectivity index (χ4v) is 2.04. The first-order valence-electron chi connectivity index (χ1n) is 5.17. The number of hydrogen-bond acceptors (Lipinski definition) is 1. The second-order valence-corrected chi connectivity index (χ2v) is 4.28. The third kappa shape index (κ3) is 1.72. The molecule has 0 aliphatic carbocycles. The number of aryl methyl sites for hydroxylation is 3. The molecule has 0 spiro atoms. The Morgan fingerprint density at radius 3 is 2.53 bits per heavy atom. The maximum atomic E-state index is 6.33. The van der Waals surface area contributed by atoms with Crippen molar-refractivity contribution in [1.29, 1.82) is 0 Å². The lowest BCUT2D eigenvalue weighted by Gasteiger charge is -2.07. The van der Waals surface area contributed by atoms with Gasteiger partial charge in [-0.3, -0.25) is 4.98 Å². The highest BCUT2D eigenvalue weighted by atomic mass is 35.5. The van der Waals surface area contributed by atoms with Crippen LogP contribution in [0, 0.1) is 13.8 Å². The molecule has 0 unspecified atom stereocenters. The van der Waals surface area contributed by atoms with Gasteiger partial charge in [-0.15, -0.1) is 0 Å². The minimum atomic E-state index is 0.852. The highest BCUT2D eigenvalue weighted by Gasteiger charge is 2.06. The quantitative estimate of drug-likeness (QED) is 0.705. The molecule has 15 heavy (non-hydrogen) atoms. The van der Waals surface area contributed by atoms with Gasteiger partial charge in [0.25, 0.3) is 0 Å². The normalized spacial score (nSPS) is 10.9. The summed E-state index contributed by atoms with van der Waals surface area (Å²) >= 11 is 6.33. The van der Waals surface area contributed by atoms with Gasteiger partial charge in [0.05, 0.1) is 10.5 Å². The van der Waals surface area contributed by atoms with E-state index in [1.165, 1.54) is 11.1 Å². The number of halogens is 1. The molecule has 0 saturated heterocycles. The van der Waals surface area contributed by atoms with Crippen LogP contribution in [0.15, 0.2) is 18.3 Å². The van der Waals surface area contributed by atoms with E-state index >= 15 is 0 Å². The summed E-state index contributed by atoms with van der Waals surface area (Å²) in [6.07, 6.45) is 2.80. The lowest BCUT2D eigenvalue weighted by molar-refractivity contribution is 1.12. The van der Waals surface area contributed by atoms with E-state index in [1.54, 1.807) is 0 Å². The average molecular weight is 220 g/mol. The Hall–Kier alpha value is -1.08. The molecule has 1 aromatic heterocycles. The predicted molar refractivity (Wildman–Crippen MR) is 65.6 cm³/mol. The monoisotopic (exact) mass is 219 g/mol. The molecular formula is C13H14ClN. The van der Waals surface area contributed by atoms with Gasteiger partial charge >= 0.3 is 0 Å². The van der Waals surface area contributed by atoms with Crippen molar-refractivity contribution in [3.05, 3.63) is 40.0 Å². The van der Waals surface area contributed by atoms with Crippen molar-refractivity contribution in [3.8, 4) is 0 Å². The third-order valence-corrected chi connectivity index (χ3v) is 3.32. The van der Waals surface area contributed by atoms with Gasteiger partial charge in [-0.2, -0.15) is 0 Å². The molecule has 0 radical (unpaired) electrons. The van der Waals surface area contributed by atoms with E-state index in [0.717, 1.165) is 27.9 Å². The van der Waals surface area contributed by atoms with Gasteiger partial charge in [0.1, 0.15) is 0 Å². The van der Waals surface area contributed by atoms with Crippen molar-refractivity contribution >= 4 is 22.5 Å². The van der Waals surface area contributed by atoms with E-state index in [1.807, 2.05) is 6.20 Å². The van der Waals surface area contributed by atoms with Gasteiger partial charge in [-0.05, 0) is 49.1 Å². The summed E-state index contributed by atoms with van der Waals surface area (Å²) in [5.41, 5.74) is 4.63. The Balaban J connectivity index is 2.81. The first-order valence-corrected chi connectivity index (χ1v) is 5.55. The van der Waals surface area contributed by atoms with Crippen LogP contribution >= 0.6 is 11.6 Å². The molecule has 1 aromatic carbocycles. The topological polar surface area (TPSA) is 12.9 Å². The molecule has 1 nitrogen and oxygen atoms in total. The van der Waals surface area contributed by atoms with Crippen LogP contribution in [-0.2, 0) is 6.42 Å². The minimum absolute atomic E-state index is 0.852. The molecule has 0 atom stereocenters. The van der Waals surface area contributed by atoms with Crippen molar-refractivity contribution < 1.29 is 0 Å². The van der Waals surface area contributed by atoms with Crippen molar-refractivity contribution in [2.24, 2.45) is 0 Å². The maximum absolute atomic E-state index is 6.33. The molecule has 2 aromatic rings. The van der Waals surface area contributed by atoms with E-state index in [4.69, 9.17) is 11.6 Å². The molecule has 78 valence electrons. The molecule has 0 saturated carbocycles. The molecule has 0 fully saturated rings. The number of fused-ring (bicyclic) bond motifs is 1. The molecule has 0 amide bonds. The smallest absolute Gasteiger partial charge is 0.0719 e. The standard InChI is InChI=1S/C13H14ClN/c1-4-10-7-15-12-6-9(3)8(2)5-11(12)13(10)14/h5-7H,4H2,1-3H3. The fraction of sp³-hybridized carbons (Fsp3) is 0.308. The van der Waals surface area contributed by atoms with Crippen LogP contribution in [0.4, 0.5) is 0 Å². The molecule has 0 bridgehead atoms. The fourth-order valence-electron chi connectivity index (χ4n) is 1.71. The van der Waals surface area contributed by atoms with Gasteiger partial charge in [0, 0.05) is 11.6 Å².